The fraction of sp³-hybridized carbons (Fsp3) is 0.800. The first-order chi connectivity index (χ1) is 7.34. The Kier molecular flexibility index (Phi) is 3.69. The molecule has 1 N–H and O–H groups in total. The van der Waals surface area contributed by atoms with Crippen LogP contribution in [0.1, 0.15) is 31.0 Å². The Morgan fingerprint density at radius 2 is 2.40 bits per heavy atom. The summed E-state index contributed by atoms with van der Waals surface area (Å²) >= 11 is 0. The monoisotopic (exact) mass is 211 g/mol. The largest absolute Gasteiger partial charge is 0.423 e. The molecule has 1 atom stereocenters. The molecule has 0 aromatic carbocycles. The van der Waals surface area contributed by atoms with E-state index < -0.39 is 0 Å². The molecule has 0 saturated carbocycles. The lowest BCUT2D eigenvalue weighted by molar-refractivity contribution is 0.0763. The predicted octanol–water partition coefficient (Wildman–Crippen LogP) is 1.04. The van der Waals surface area contributed by atoms with Crippen LogP contribution in [0.4, 0.5) is 0 Å². The molecule has 5 nitrogen and oxygen atoms in total. The number of aryl methyl sites for hydroxylation is 1. The summed E-state index contributed by atoms with van der Waals surface area (Å²) in [7, 11) is 0. The fourth-order valence-corrected chi connectivity index (χ4v) is 1.75. The summed E-state index contributed by atoms with van der Waals surface area (Å²) in [4.78, 5) is 0. The second-order valence-corrected chi connectivity index (χ2v) is 3.88. The molecular weight excluding hydrogens is 194 g/mol. The minimum Gasteiger partial charge on any atom is -0.423 e. The zero-order valence-electron chi connectivity index (χ0n) is 9.03. The highest BCUT2D eigenvalue weighted by Crippen LogP contribution is 2.08. The van der Waals surface area contributed by atoms with Gasteiger partial charge in [-0.15, -0.1) is 10.2 Å². The molecule has 1 aliphatic heterocycles. The third-order valence-electron chi connectivity index (χ3n) is 2.52. The Morgan fingerprint density at radius 3 is 3.07 bits per heavy atom. The Bertz CT molecular complexity index is 295. The standard InChI is InChI=1S/C10H17N3O2/c1-8-12-13-10(15-8)7-14-6-9-4-2-3-5-11-9/h9,11H,2-7H2,1H3. The van der Waals surface area contributed by atoms with Crippen LogP contribution in [0.5, 0.6) is 0 Å². The Labute approximate surface area is 89.2 Å². The van der Waals surface area contributed by atoms with E-state index in [1.807, 2.05) is 0 Å². The van der Waals surface area contributed by atoms with Crippen molar-refractivity contribution in [2.75, 3.05) is 13.2 Å². The topological polar surface area (TPSA) is 60.2 Å². The van der Waals surface area contributed by atoms with E-state index in [2.05, 4.69) is 15.5 Å². The maximum absolute atomic E-state index is 5.51. The molecule has 1 aromatic heterocycles. The van der Waals surface area contributed by atoms with Crippen LogP contribution in [-0.4, -0.2) is 29.4 Å². The number of nitrogens with one attached hydrogen (secondary N) is 1. The summed E-state index contributed by atoms with van der Waals surface area (Å²) < 4.78 is 10.7. The van der Waals surface area contributed by atoms with E-state index in [1.165, 1.54) is 19.3 Å². The molecule has 1 aromatic rings. The lowest BCUT2D eigenvalue weighted by atomic mass is 10.1. The highest BCUT2D eigenvalue weighted by atomic mass is 16.5. The van der Waals surface area contributed by atoms with Crippen molar-refractivity contribution in [1.29, 1.82) is 0 Å². The third-order valence-corrected chi connectivity index (χ3v) is 2.52. The maximum Gasteiger partial charge on any atom is 0.242 e. The van der Waals surface area contributed by atoms with E-state index in [4.69, 9.17) is 9.15 Å². The van der Waals surface area contributed by atoms with Crippen LogP contribution in [0.3, 0.4) is 0 Å². The molecule has 1 unspecified atom stereocenters. The number of piperidine rings is 1. The van der Waals surface area contributed by atoms with Gasteiger partial charge in [0.25, 0.3) is 0 Å². The van der Waals surface area contributed by atoms with Crippen LogP contribution in [0.2, 0.25) is 0 Å². The fourth-order valence-electron chi connectivity index (χ4n) is 1.75. The van der Waals surface area contributed by atoms with Gasteiger partial charge in [-0.05, 0) is 19.4 Å². The molecule has 1 saturated heterocycles. The van der Waals surface area contributed by atoms with Crippen LogP contribution in [0.15, 0.2) is 4.42 Å². The molecule has 0 aliphatic carbocycles. The second kappa shape index (κ2) is 5.23. The van der Waals surface area contributed by atoms with Crippen molar-refractivity contribution in [3.8, 4) is 0 Å². The van der Waals surface area contributed by atoms with Crippen molar-refractivity contribution < 1.29 is 9.15 Å². The van der Waals surface area contributed by atoms with Gasteiger partial charge < -0.3 is 14.5 Å². The van der Waals surface area contributed by atoms with Gasteiger partial charge in [0, 0.05) is 13.0 Å². The lowest BCUT2D eigenvalue weighted by Crippen LogP contribution is -2.37. The Balaban J connectivity index is 1.65. The predicted molar refractivity (Wildman–Crippen MR) is 54.3 cm³/mol. The van der Waals surface area contributed by atoms with Crippen molar-refractivity contribution >= 4 is 0 Å². The van der Waals surface area contributed by atoms with Crippen LogP contribution >= 0.6 is 0 Å². The summed E-state index contributed by atoms with van der Waals surface area (Å²) in [6.07, 6.45) is 3.77. The summed E-state index contributed by atoms with van der Waals surface area (Å²) in [6.45, 7) is 4.02. The molecule has 1 aliphatic rings. The molecule has 2 heterocycles. The normalized spacial score (nSPS) is 21.8. The molecule has 84 valence electrons. The number of hydrogen-bond acceptors (Lipinski definition) is 5. The van der Waals surface area contributed by atoms with Gasteiger partial charge in [-0.2, -0.15) is 0 Å². The average molecular weight is 211 g/mol. The van der Waals surface area contributed by atoms with Gasteiger partial charge in [0.05, 0.1) is 6.61 Å². The number of aromatic nitrogens is 2. The maximum atomic E-state index is 5.51. The molecule has 0 spiro atoms. The van der Waals surface area contributed by atoms with E-state index in [0.717, 1.165) is 13.2 Å². The lowest BCUT2D eigenvalue weighted by Gasteiger charge is -2.22. The van der Waals surface area contributed by atoms with E-state index >= 15 is 0 Å². The quantitative estimate of drug-likeness (QED) is 0.806. The Morgan fingerprint density at radius 1 is 1.47 bits per heavy atom. The van der Waals surface area contributed by atoms with Crippen molar-refractivity contribution in [1.82, 2.24) is 15.5 Å². The van der Waals surface area contributed by atoms with Crippen molar-refractivity contribution in [2.45, 2.75) is 38.8 Å². The molecule has 2 rings (SSSR count). The number of rotatable bonds is 4. The average Bonchev–Trinajstić information content (AvgIpc) is 2.66. The van der Waals surface area contributed by atoms with Gasteiger partial charge in [0.1, 0.15) is 6.61 Å². The molecule has 15 heavy (non-hydrogen) atoms. The van der Waals surface area contributed by atoms with Gasteiger partial charge in [-0.1, -0.05) is 6.42 Å². The van der Waals surface area contributed by atoms with Crippen molar-refractivity contribution in [2.24, 2.45) is 0 Å². The Hall–Kier alpha value is -0.940. The van der Waals surface area contributed by atoms with Gasteiger partial charge in [-0.3, -0.25) is 0 Å². The minimum absolute atomic E-state index is 0.416. The van der Waals surface area contributed by atoms with Crippen LogP contribution in [0, 0.1) is 6.92 Å². The van der Waals surface area contributed by atoms with Crippen molar-refractivity contribution in [3.05, 3.63) is 11.8 Å². The van der Waals surface area contributed by atoms with Crippen molar-refractivity contribution in [3.63, 3.8) is 0 Å². The number of nitrogens with zero attached hydrogens (tertiary/aromatic N) is 2. The summed E-state index contributed by atoms with van der Waals surface area (Å²) in [5.74, 6) is 1.15. The van der Waals surface area contributed by atoms with Gasteiger partial charge >= 0.3 is 0 Å². The minimum atomic E-state index is 0.416. The molecular formula is C10H17N3O2. The molecule has 0 bridgehead atoms. The SMILES string of the molecule is Cc1nnc(COCC2CCCCN2)o1. The second-order valence-electron chi connectivity index (χ2n) is 3.88. The van der Waals surface area contributed by atoms with Gasteiger partial charge in [0.15, 0.2) is 0 Å². The number of ether oxygens (including phenoxy) is 1. The zero-order chi connectivity index (χ0) is 10.5. The van der Waals surface area contributed by atoms with E-state index in [9.17, 15) is 0 Å². The highest BCUT2D eigenvalue weighted by molar-refractivity contribution is 4.76. The molecule has 0 radical (unpaired) electrons. The molecule has 5 heteroatoms. The summed E-state index contributed by atoms with van der Waals surface area (Å²) in [5.41, 5.74) is 0. The third kappa shape index (κ3) is 3.28. The first-order valence-electron chi connectivity index (χ1n) is 5.45. The first kappa shape index (κ1) is 10.6. The van der Waals surface area contributed by atoms with Crippen LogP contribution in [-0.2, 0) is 11.3 Å². The van der Waals surface area contributed by atoms with Crippen LogP contribution < -0.4 is 5.32 Å². The highest BCUT2D eigenvalue weighted by Gasteiger charge is 2.12. The summed E-state index contributed by atoms with van der Waals surface area (Å²) in [6, 6.07) is 0.489. The first-order valence-corrected chi connectivity index (χ1v) is 5.45. The van der Waals surface area contributed by atoms with E-state index in [-0.39, 0.29) is 0 Å². The summed E-state index contributed by atoms with van der Waals surface area (Å²) in [5, 5.41) is 11.0. The zero-order valence-corrected chi connectivity index (χ0v) is 9.03. The number of hydrogen-bond donors (Lipinski definition) is 1. The smallest absolute Gasteiger partial charge is 0.242 e. The van der Waals surface area contributed by atoms with E-state index in [0.29, 0.717) is 24.4 Å². The van der Waals surface area contributed by atoms with E-state index in [1.54, 1.807) is 6.92 Å². The molecule has 1 fully saturated rings. The van der Waals surface area contributed by atoms with Crippen LogP contribution in [0.25, 0.3) is 0 Å². The molecule has 0 amide bonds. The van der Waals surface area contributed by atoms with Gasteiger partial charge in [0.2, 0.25) is 11.8 Å². The van der Waals surface area contributed by atoms with Gasteiger partial charge in [-0.25, -0.2) is 0 Å².